The number of nitrogens with one attached hydrogen (secondary N) is 1. The van der Waals surface area contributed by atoms with Crippen LogP contribution in [0.25, 0.3) is 0 Å². The molecule has 0 saturated carbocycles. The molecule has 0 aliphatic carbocycles. The molecule has 3 aliphatic rings. The molecule has 9 nitrogen and oxygen atoms in total. The van der Waals surface area contributed by atoms with E-state index >= 15 is 0 Å². The molecule has 1 saturated heterocycles. The van der Waals surface area contributed by atoms with Gasteiger partial charge in [-0.3, -0.25) is 29.4 Å². The predicted molar refractivity (Wildman–Crippen MR) is 111 cm³/mol. The molecule has 9 heteroatoms. The van der Waals surface area contributed by atoms with Gasteiger partial charge in [-0.05, 0) is 48.2 Å². The fraction of sp³-hybridized carbons (Fsp3) is 0.261. The normalized spacial score (nSPS) is 20.2. The van der Waals surface area contributed by atoms with Crippen LogP contribution in [0.4, 0.5) is 5.69 Å². The second kappa shape index (κ2) is 7.30. The molecule has 32 heavy (non-hydrogen) atoms. The van der Waals surface area contributed by atoms with Crippen LogP contribution in [0.1, 0.15) is 55.0 Å². The number of hydrogen-bond donors (Lipinski definition) is 2. The summed E-state index contributed by atoms with van der Waals surface area (Å²) in [5.41, 5.74) is 3.23. The Kier molecular flexibility index (Phi) is 4.54. The second-order valence-electron chi connectivity index (χ2n) is 8.11. The molecular weight excluding hydrogens is 414 g/mol. The molecule has 5 rings (SSSR count). The van der Waals surface area contributed by atoms with Gasteiger partial charge in [0.05, 0.1) is 22.4 Å². The van der Waals surface area contributed by atoms with Crippen molar-refractivity contribution in [3.8, 4) is 0 Å². The van der Waals surface area contributed by atoms with E-state index in [2.05, 4.69) is 5.32 Å². The summed E-state index contributed by atoms with van der Waals surface area (Å²) in [7, 11) is 0. The molecular formula is C23H19N3O6. The number of rotatable bonds is 3. The standard InChI is InChI=1S/C23H19N3O6/c27-18-7-6-17(20(28)24-18)26-21(29)15-2-1-3-16(19(15)22(26)30)25-9-8-12-10-13(23(31)32)4-5-14(12)11-25/h1-5,10,17H,6-9,11H2,(H,31,32)(H,24,27,28). The van der Waals surface area contributed by atoms with Crippen LogP contribution < -0.4 is 10.2 Å². The van der Waals surface area contributed by atoms with E-state index in [0.717, 1.165) is 16.0 Å². The number of carbonyl (C=O) groups excluding carboxylic acids is 4. The van der Waals surface area contributed by atoms with Crippen molar-refractivity contribution < 1.29 is 29.1 Å². The molecule has 0 aromatic heterocycles. The average Bonchev–Trinajstić information content (AvgIpc) is 3.03. The number of benzene rings is 2. The van der Waals surface area contributed by atoms with E-state index in [9.17, 15) is 29.1 Å². The number of carboxylic acid groups (broad SMARTS) is 1. The van der Waals surface area contributed by atoms with Crippen molar-refractivity contribution in [1.82, 2.24) is 10.2 Å². The van der Waals surface area contributed by atoms with Gasteiger partial charge in [-0.25, -0.2) is 4.79 Å². The van der Waals surface area contributed by atoms with E-state index in [1.165, 1.54) is 0 Å². The summed E-state index contributed by atoms with van der Waals surface area (Å²) in [5, 5.41) is 11.4. The Balaban J connectivity index is 1.47. The molecule has 4 amide bonds. The first kappa shape index (κ1) is 19.9. The van der Waals surface area contributed by atoms with E-state index in [4.69, 9.17) is 0 Å². The number of imide groups is 2. The van der Waals surface area contributed by atoms with Gasteiger partial charge in [0.25, 0.3) is 11.8 Å². The average molecular weight is 433 g/mol. The highest BCUT2D eigenvalue weighted by Gasteiger charge is 2.46. The number of anilines is 1. The van der Waals surface area contributed by atoms with Gasteiger partial charge in [-0.15, -0.1) is 0 Å². The fourth-order valence-corrected chi connectivity index (χ4v) is 4.65. The van der Waals surface area contributed by atoms with Gasteiger partial charge in [0, 0.05) is 19.5 Å². The zero-order chi connectivity index (χ0) is 22.6. The molecule has 1 unspecified atom stereocenters. The van der Waals surface area contributed by atoms with E-state index in [1.807, 2.05) is 4.90 Å². The van der Waals surface area contributed by atoms with Crippen molar-refractivity contribution in [3.05, 3.63) is 64.2 Å². The third kappa shape index (κ3) is 3.05. The van der Waals surface area contributed by atoms with Crippen molar-refractivity contribution in [2.75, 3.05) is 11.4 Å². The zero-order valence-corrected chi connectivity index (χ0v) is 17.0. The summed E-state index contributed by atoms with van der Waals surface area (Å²) in [4.78, 5) is 64.3. The van der Waals surface area contributed by atoms with Crippen molar-refractivity contribution in [1.29, 1.82) is 0 Å². The number of fused-ring (bicyclic) bond motifs is 2. The van der Waals surface area contributed by atoms with Crippen LogP contribution in [-0.2, 0) is 22.6 Å². The molecule has 162 valence electrons. The maximum Gasteiger partial charge on any atom is 0.335 e. The lowest BCUT2D eigenvalue weighted by atomic mass is 9.96. The van der Waals surface area contributed by atoms with E-state index in [1.54, 1.807) is 36.4 Å². The Bertz CT molecular complexity index is 1220. The molecule has 0 radical (unpaired) electrons. The van der Waals surface area contributed by atoms with Gasteiger partial charge >= 0.3 is 5.97 Å². The van der Waals surface area contributed by atoms with E-state index in [0.29, 0.717) is 25.2 Å². The van der Waals surface area contributed by atoms with Crippen LogP contribution in [0.2, 0.25) is 0 Å². The highest BCUT2D eigenvalue weighted by atomic mass is 16.4. The van der Waals surface area contributed by atoms with Gasteiger partial charge in [0.1, 0.15) is 6.04 Å². The third-order valence-corrected chi connectivity index (χ3v) is 6.25. The topological polar surface area (TPSA) is 124 Å². The highest BCUT2D eigenvalue weighted by molar-refractivity contribution is 6.25. The summed E-state index contributed by atoms with van der Waals surface area (Å²) in [6.45, 7) is 1.01. The Hall–Kier alpha value is -4.01. The van der Waals surface area contributed by atoms with Gasteiger partial charge < -0.3 is 10.0 Å². The van der Waals surface area contributed by atoms with Gasteiger partial charge in [-0.2, -0.15) is 0 Å². The third-order valence-electron chi connectivity index (χ3n) is 6.25. The molecule has 2 aromatic rings. The maximum absolute atomic E-state index is 13.3. The Morgan fingerprint density at radius 3 is 2.56 bits per heavy atom. The number of aromatic carboxylic acids is 1. The Labute approximate surface area is 182 Å². The van der Waals surface area contributed by atoms with Crippen LogP contribution in [0.5, 0.6) is 0 Å². The van der Waals surface area contributed by atoms with Gasteiger partial charge in [0.15, 0.2) is 0 Å². The monoisotopic (exact) mass is 433 g/mol. The van der Waals surface area contributed by atoms with Crippen molar-refractivity contribution >= 4 is 35.3 Å². The number of hydrogen-bond acceptors (Lipinski definition) is 6. The molecule has 1 fully saturated rings. The summed E-state index contributed by atoms with van der Waals surface area (Å²) >= 11 is 0. The lowest BCUT2D eigenvalue weighted by molar-refractivity contribution is -0.136. The fourth-order valence-electron chi connectivity index (χ4n) is 4.65. The molecule has 0 bridgehead atoms. The molecule has 2 aromatic carbocycles. The van der Waals surface area contributed by atoms with E-state index < -0.39 is 35.6 Å². The molecule has 1 atom stereocenters. The molecule has 3 aliphatic heterocycles. The summed E-state index contributed by atoms with van der Waals surface area (Å²) in [6.07, 6.45) is 0.769. The van der Waals surface area contributed by atoms with Crippen LogP contribution in [0.15, 0.2) is 36.4 Å². The molecule has 0 spiro atoms. The number of piperidine rings is 1. The summed E-state index contributed by atoms with van der Waals surface area (Å²) in [6, 6.07) is 9.04. The van der Waals surface area contributed by atoms with Crippen LogP contribution >= 0.6 is 0 Å². The number of nitrogens with zero attached hydrogens (tertiary/aromatic N) is 2. The first-order valence-corrected chi connectivity index (χ1v) is 10.3. The maximum atomic E-state index is 13.3. The zero-order valence-electron chi connectivity index (χ0n) is 17.0. The van der Waals surface area contributed by atoms with Gasteiger partial charge in [-0.1, -0.05) is 12.1 Å². The smallest absolute Gasteiger partial charge is 0.335 e. The minimum atomic E-state index is -1.01. The molecule has 2 N–H and O–H groups in total. The number of carbonyl (C=O) groups is 5. The largest absolute Gasteiger partial charge is 0.478 e. The minimum Gasteiger partial charge on any atom is -0.478 e. The van der Waals surface area contributed by atoms with Crippen molar-refractivity contribution in [2.45, 2.75) is 31.8 Å². The SMILES string of the molecule is O=C1CCC(N2C(=O)c3cccc(N4CCc5cc(C(=O)O)ccc5C4)c3C2=O)C(=O)N1. The predicted octanol–water partition coefficient (Wildman–Crippen LogP) is 1.35. The van der Waals surface area contributed by atoms with Crippen LogP contribution in [-0.4, -0.2) is 52.2 Å². The Morgan fingerprint density at radius 1 is 1.00 bits per heavy atom. The Morgan fingerprint density at radius 2 is 1.81 bits per heavy atom. The van der Waals surface area contributed by atoms with E-state index in [-0.39, 0.29) is 29.5 Å². The lowest BCUT2D eigenvalue weighted by Crippen LogP contribution is -2.54. The quantitative estimate of drug-likeness (QED) is 0.700. The summed E-state index contributed by atoms with van der Waals surface area (Å²) < 4.78 is 0. The first-order valence-electron chi connectivity index (χ1n) is 10.3. The van der Waals surface area contributed by atoms with Gasteiger partial charge in [0.2, 0.25) is 11.8 Å². The van der Waals surface area contributed by atoms with Crippen LogP contribution in [0.3, 0.4) is 0 Å². The number of amides is 4. The van der Waals surface area contributed by atoms with Crippen molar-refractivity contribution in [2.24, 2.45) is 0 Å². The highest BCUT2D eigenvalue weighted by Crippen LogP contribution is 2.36. The minimum absolute atomic E-state index is 0.0674. The first-order chi connectivity index (χ1) is 15.3. The summed E-state index contributed by atoms with van der Waals surface area (Å²) in [5.74, 6) is -3.11. The second-order valence-corrected chi connectivity index (χ2v) is 8.11. The lowest BCUT2D eigenvalue weighted by Gasteiger charge is -2.32. The number of carboxylic acids is 1. The van der Waals surface area contributed by atoms with Crippen LogP contribution in [0, 0.1) is 0 Å². The van der Waals surface area contributed by atoms with Crippen molar-refractivity contribution in [3.63, 3.8) is 0 Å². The molecule has 3 heterocycles.